The van der Waals surface area contributed by atoms with Gasteiger partial charge in [0.15, 0.2) is 0 Å². The first-order valence-corrected chi connectivity index (χ1v) is 9.29. The maximum atomic E-state index is 12.0. The number of sulfonamides is 1. The third-order valence-electron chi connectivity index (χ3n) is 3.00. The molecule has 7 heteroatoms. The lowest BCUT2D eigenvalue weighted by Crippen LogP contribution is -2.26. The van der Waals surface area contributed by atoms with E-state index in [9.17, 15) is 13.2 Å². The van der Waals surface area contributed by atoms with Crippen LogP contribution in [-0.4, -0.2) is 27.4 Å². The lowest BCUT2D eigenvalue weighted by atomic mass is 10.2. The zero-order valence-corrected chi connectivity index (χ0v) is 13.8. The summed E-state index contributed by atoms with van der Waals surface area (Å²) < 4.78 is 26.0. The van der Waals surface area contributed by atoms with Gasteiger partial charge in [-0.3, -0.25) is 4.79 Å². The molecule has 0 bridgehead atoms. The van der Waals surface area contributed by atoms with Gasteiger partial charge in [0.05, 0.1) is 4.90 Å². The van der Waals surface area contributed by atoms with Crippen LogP contribution in [0, 0.1) is 0 Å². The Balaban J connectivity index is 1.93. The van der Waals surface area contributed by atoms with Gasteiger partial charge in [0.25, 0.3) is 5.91 Å². The number of carbonyl (C=O) groups excluding carboxylic acids is 1. The van der Waals surface area contributed by atoms with E-state index in [-0.39, 0.29) is 10.8 Å². The van der Waals surface area contributed by atoms with Gasteiger partial charge in [0.2, 0.25) is 10.0 Å². The predicted octanol–water partition coefficient (Wildman–Crippen LogP) is 2.02. The predicted molar refractivity (Wildman–Crippen MR) is 87.7 cm³/mol. The minimum Gasteiger partial charge on any atom is -0.352 e. The molecule has 2 rings (SSSR count). The first kappa shape index (κ1) is 16.7. The van der Waals surface area contributed by atoms with E-state index in [1.165, 1.54) is 29.1 Å². The van der Waals surface area contributed by atoms with Crippen molar-refractivity contribution in [2.24, 2.45) is 0 Å². The highest BCUT2D eigenvalue weighted by atomic mass is 32.2. The molecule has 0 spiro atoms. The maximum Gasteiger partial charge on any atom is 0.251 e. The lowest BCUT2D eigenvalue weighted by molar-refractivity contribution is 0.0954. The van der Waals surface area contributed by atoms with Crippen molar-refractivity contribution < 1.29 is 13.2 Å². The molecular formula is C15H18N2O3S2. The van der Waals surface area contributed by atoms with E-state index in [4.69, 9.17) is 0 Å². The van der Waals surface area contributed by atoms with E-state index in [1.54, 1.807) is 18.3 Å². The topological polar surface area (TPSA) is 75.3 Å². The van der Waals surface area contributed by atoms with Crippen LogP contribution in [0.15, 0.2) is 46.7 Å². The lowest BCUT2D eigenvalue weighted by Gasteiger charge is -2.07. The molecule has 22 heavy (non-hydrogen) atoms. The van der Waals surface area contributed by atoms with Gasteiger partial charge >= 0.3 is 0 Å². The molecule has 0 radical (unpaired) electrons. The molecule has 2 aromatic rings. The van der Waals surface area contributed by atoms with Gasteiger partial charge in [-0.25, -0.2) is 13.1 Å². The van der Waals surface area contributed by atoms with Crippen molar-refractivity contribution in [2.75, 3.05) is 13.1 Å². The molecule has 1 aromatic heterocycles. The van der Waals surface area contributed by atoms with Gasteiger partial charge in [0, 0.05) is 23.5 Å². The van der Waals surface area contributed by atoms with Crippen LogP contribution in [0.5, 0.6) is 0 Å². The third kappa shape index (κ3) is 4.40. The Bertz CT molecular complexity index is 708. The second kappa shape index (κ2) is 7.53. The molecule has 0 fully saturated rings. The van der Waals surface area contributed by atoms with Gasteiger partial charge in [-0.2, -0.15) is 0 Å². The SMILES string of the molecule is CCNS(=O)(=O)c1ccc(C(=O)NCCc2cccs2)cc1. The van der Waals surface area contributed by atoms with Gasteiger partial charge in [-0.05, 0) is 42.1 Å². The molecular weight excluding hydrogens is 320 g/mol. The minimum absolute atomic E-state index is 0.157. The average molecular weight is 338 g/mol. The summed E-state index contributed by atoms with van der Waals surface area (Å²) in [5.41, 5.74) is 0.446. The number of rotatable bonds is 7. The van der Waals surface area contributed by atoms with E-state index in [0.29, 0.717) is 18.7 Å². The minimum atomic E-state index is -3.48. The molecule has 0 aliphatic carbocycles. The summed E-state index contributed by atoms with van der Waals surface area (Å²) in [5.74, 6) is -0.205. The molecule has 1 aromatic carbocycles. The summed E-state index contributed by atoms with van der Waals surface area (Å²) in [5, 5.41) is 4.82. The molecule has 0 aliphatic rings. The van der Waals surface area contributed by atoms with Crippen LogP contribution < -0.4 is 10.0 Å². The number of amides is 1. The standard InChI is InChI=1S/C15H18N2O3S2/c1-2-17-22(19,20)14-7-5-12(6-8-14)15(18)16-10-9-13-4-3-11-21-13/h3-8,11,17H,2,9-10H2,1H3,(H,16,18). The molecule has 1 heterocycles. The molecule has 0 aliphatic heterocycles. The van der Waals surface area contributed by atoms with Crippen LogP contribution >= 0.6 is 11.3 Å². The summed E-state index contributed by atoms with van der Waals surface area (Å²) in [6, 6.07) is 9.91. The highest BCUT2D eigenvalue weighted by molar-refractivity contribution is 7.89. The zero-order chi connectivity index (χ0) is 16.0. The fraction of sp³-hybridized carbons (Fsp3) is 0.267. The van der Waals surface area contributed by atoms with Crippen molar-refractivity contribution in [3.63, 3.8) is 0 Å². The molecule has 0 saturated carbocycles. The number of benzene rings is 1. The van der Waals surface area contributed by atoms with Crippen molar-refractivity contribution in [3.05, 3.63) is 52.2 Å². The highest BCUT2D eigenvalue weighted by Crippen LogP contribution is 2.11. The monoisotopic (exact) mass is 338 g/mol. The molecule has 2 N–H and O–H groups in total. The van der Waals surface area contributed by atoms with E-state index in [1.807, 2.05) is 17.5 Å². The van der Waals surface area contributed by atoms with E-state index < -0.39 is 10.0 Å². The molecule has 0 saturated heterocycles. The Morgan fingerprint density at radius 2 is 1.91 bits per heavy atom. The summed E-state index contributed by atoms with van der Waals surface area (Å²) in [6.45, 7) is 2.59. The van der Waals surface area contributed by atoms with E-state index in [0.717, 1.165) is 6.42 Å². The quantitative estimate of drug-likeness (QED) is 0.811. The van der Waals surface area contributed by atoms with Crippen LogP contribution in [-0.2, 0) is 16.4 Å². The third-order valence-corrected chi connectivity index (χ3v) is 5.50. The largest absolute Gasteiger partial charge is 0.352 e. The number of hydrogen-bond donors (Lipinski definition) is 2. The average Bonchev–Trinajstić information content (AvgIpc) is 3.00. The number of carbonyl (C=O) groups is 1. The Hall–Kier alpha value is -1.70. The van der Waals surface area contributed by atoms with Crippen molar-refractivity contribution in [1.82, 2.24) is 10.0 Å². The zero-order valence-electron chi connectivity index (χ0n) is 12.2. The maximum absolute atomic E-state index is 12.0. The molecule has 0 atom stereocenters. The summed E-state index contributed by atoms with van der Waals surface area (Å²) in [4.78, 5) is 13.4. The van der Waals surface area contributed by atoms with Gasteiger partial charge < -0.3 is 5.32 Å². The van der Waals surface area contributed by atoms with Crippen LogP contribution in [0.1, 0.15) is 22.2 Å². The van der Waals surface area contributed by atoms with Gasteiger partial charge in [-0.1, -0.05) is 13.0 Å². The Morgan fingerprint density at radius 3 is 2.50 bits per heavy atom. The van der Waals surface area contributed by atoms with Gasteiger partial charge in [-0.15, -0.1) is 11.3 Å². The smallest absolute Gasteiger partial charge is 0.251 e. The van der Waals surface area contributed by atoms with Crippen molar-refractivity contribution in [2.45, 2.75) is 18.2 Å². The summed E-state index contributed by atoms with van der Waals surface area (Å²) in [7, 11) is -3.48. The van der Waals surface area contributed by atoms with E-state index >= 15 is 0 Å². The number of nitrogens with one attached hydrogen (secondary N) is 2. The molecule has 0 unspecified atom stereocenters. The van der Waals surface area contributed by atoms with Crippen molar-refractivity contribution in [1.29, 1.82) is 0 Å². The fourth-order valence-corrected chi connectivity index (χ4v) is 3.67. The Labute approximate surface area is 134 Å². The van der Waals surface area contributed by atoms with Crippen LogP contribution in [0.2, 0.25) is 0 Å². The fourth-order valence-electron chi connectivity index (χ4n) is 1.91. The Kier molecular flexibility index (Phi) is 5.70. The second-order valence-electron chi connectivity index (χ2n) is 4.61. The van der Waals surface area contributed by atoms with Crippen LogP contribution in [0.25, 0.3) is 0 Å². The highest BCUT2D eigenvalue weighted by Gasteiger charge is 2.13. The summed E-state index contributed by atoms with van der Waals surface area (Å²) in [6.07, 6.45) is 0.788. The van der Waals surface area contributed by atoms with Crippen LogP contribution in [0.3, 0.4) is 0 Å². The van der Waals surface area contributed by atoms with Crippen LogP contribution in [0.4, 0.5) is 0 Å². The molecule has 5 nitrogen and oxygen atoms in total. The molecule has 118 valence electrons. The number of hydrogen-bond acceptors (Lipinski definition) is 4. The van der Waals surface area contributed by atoms with Crippen molar-refractivity contribution >= 4 is 27.3 Å². The first-order valence-electron chi connectivity index (χ1n) is 6.93. The Morgan fingerprint density at radius 1 is 1.18 bits per heavy atom. The summed E-state index contributed by atoms with van der Waals surface area (Å²) >= 11 is 1.65. The molecule has 1 amide bonds. The van der Waals surface area contributed by atoms with E-state index in [2.05, 4.69) is 10.0 Å². The second-order valence-corrected chi connectivity index (χ2v) is 7.41. The number of thiophene rings is 1. The van der Waals surface area contributed by atoms with Crippen molar-refractivity contribution in [3.8, 4) is 0 Å². The normalized spacial score (nSPS) is 11.3. The first-order chi connectivity index (χ1) is 10.5. The van der Waals surface area contributed by atoms with Gasteiger partial charge in [0.1, 0.15) is 0 Å².